The maximum Gasteiger partial charge on any atom is 0.522 e. The van der Waals surface area contributed by atoms with Gasteiger partial charge in [-0.2, -0.15) is 0 Å². The maximum absolute atomic E-state index is 11.6. The molecule has 1 aliphatic heterocycles. The first kappa shape index (κ1) is 13.7. The van der Waals surface area contributed by atoms with E-state index in [1.54, 1.807) is 0 Å². The van der Waals surface area contributed by atoms with Crippen molar-refractivity contribution in [3.63, 3.8) is 0 Å². The van der Waals surface area contributed by atoms with E-state index < -0.39 is 6.36 Å². The average molecular weight is 241 g/mol. The molecule has 96 valence electrons. The highest BCUT2D eigenvalue weighted by Gasteiger charge is 2.28. The maximum atomic E-state index is 11.6. The third-order valence-electron chi connectivity index (χ3n) is 2.46. The van der Waals surface area contributed by atoms with E-state index in [-0.39, 0.29) is 19.3 Å². The van der Waals surface area contributed by atoms with Gasteiger partial charge in [0.2, 0.25) is 0 Å². The zero-order chi connectivity index (χ0) is 11.9. The Labute approximate surface area is 93.3 Å². The summed E-state index contributed by atoms with van der Waals surface area (Å²) in [7, 11) is 0. The minimum Gasteiger partial charge on any atom is -0.378 e. The van der Waals surface area contributed by atoms with Crippen molar-refractivity contribution in [2.45, 2.75) is 38.1 Å². The zero-order valence-corrected chi connectivity index (χ0v) is 9.18. The molecule has 0 amide bonds. The first-order chi connectivity index (χ1) is 7.58. The molecule has 0 aromatic heterocycles. The lowest BCUT2D eigenvalue weighted by Crippen LogP contribution is -2.28. The van der Waals surface area contributed by atoms with Gasteiger partial charge in [-0.05, 0) is 32.2 Å². The average Bonchev–Trinajstić information content (AvgIpc) is 2.23. The van der Waals surface area contributed by atoms with Gasteiger partial charge in [-0.1, -0.05) is 0 Å². The van der Waals surface area contributed by atoms with Gasteiger partial charge in [0.25, 0.3) is 0 Å². The van der Waals surface area contributed by atoms with Gasteiger partial charge >= 0.3 is 6.36 Å². The van der Waals surface area contributed by atoms with Crippen molar-refractivity contribution in [3.05, 3.63) is 0 Å². The van der Waals surface area contributed by atoms with E-state index in [0.717, 1.165) is 25.9 Å². The van der Waals surface area contributed by atoms with E-state index in [9.17, 15) is 13.2 Å². The molecule has 1 rings (SSSR count). The Morgan fingerprint density at radius 2 is 2.06 bits per heavy atom. The minimum absolute atomic E-state index is 0.215. The van der Waals surface area contributed by atoms with E-state index in [1.807, 2.05) is 0 Å². The number of alkyl halides is 3. The summed E-state index contributed by atoms with van der Waals surface area (Å²) in [6.45, 7) is 1.36. The van der Waals surface area contributed by atoms with Crippen molar-refractivity contribution >= 4 is 0 Å². The van der Waals surface area contributed by atoms with Gasteiger partial charge in [0.1, 0.15) is 0 Å². The van der Waals surface area contributed by atoms with E-state index in [0.29, 0.717) is 6.54 Å². The lowest BCUT2D eigenvalue weighted by atomic mass is 10.1. The molecule has 1 unspecified atom stereocenters. The van der Waals surface area contributed by atoms with Crippen LogP contribution in [-0.4, -0.2) is 38.8 Å². The number of hydrogen-bond acceptors (Lipinski definition) is 3. The van der Waals surface area contributed by atoms with Gasteiger partial charge in [0.05, 0.1) is 12.7 Å². The van der Waals surface area contributed by atoms with Crippen LogP contribution in [0.25, 0.3) is 0 Å². The van der Waals surface area contributed by atoms with Crippen LogP contribution in [0.4, 0.5) is 13.2 Å². The standard InChI is InChI=1S/C10H18F3NO2/c11-10(12,13)16-8-6-14-5-4-9-3-1-2-7-15-9/h9,14H,1-8H2. The van der Waals surface area contributed by atoms with Crippen molar-refractivity contribution in [3.8, 4) is 0 Å². The lowest BCUT2D eigenvalue weighted by molar-refractivity contribution is -0.323. The normalized spacial score (nSPS) is 22.3. The molecule has 1 N–H and O–H groups in total. The summed E-state index contributed by atoms with van der Waals surface area (Å²) in [6.07, 6.45) is -0.0451. The first-order valence-electron chi connectivity index (χ1n) is 5.61. The molecular weight excluding hydrogens is 223 g/mol. The molecule has 0 aromatic carbocycles. The highest BCUT2D eigenvalue weighted by atomic mass is 19.4. The molecule has 6 heteroatoms. The lowest BCUT2D eigenvalue weighted by Gasteiger charge is -2.22. The van der Waals surface area contributed by atoms with Crippen LogP contribution in [0.3, 0.4) is 0 Å². The van der Waals surface area contributed by atoms with E-state index in [2.05, 4.69) is 10.1 Å². The van der Waals surface area contributed by atoms with Crippen molar-refractivity contribution in [2.75, 3.05) is 26.3 Å². The Morgan fingerprint density at radius 3 is 2.69 bits per heavy atom. The molecule has 3 nitrogen and oxygen atoms in total. The van der Waals surface area contributed by atoms with Crippen molar-refractivity contribution < 1.29 is 22.6 Å². The highest BCUT2D eigenvalue weighted by molar-refractivity contribution is 4.64. The van der Waals surface area contributed by atoms with Crippen LogP contribution in [-0.2, 0) is 9.47 Å². The fourth-order valence-corrected chi connectivity index (χ4v) is 1.66. The van der Waals surface area contributed by atoms with Crippen molar-refractivity contribution in [1.29, 1.82) is 0 Å². The smallest absolute Gasteiger partial charge is 0.378 e. The fourth-order valence-electron chi connectivity index (χ4n) is 1.66. The predicted molar refractivity (Wildman–Crippen MR) is 53.1 cm³/mol. The first-order valence-corrected chi connectivity index (χ1v) is 5.61. The monoisotopic (exact) mass is 241 g/mol. The molecule has 1 heterocycles. The molecule has 1 aliphatic rings. The summed E-state index contributed by atoms with van der Waals surface area (Å²) >= 11 is 0. The number of ether oxygens (including phenoxy) is 2. The minimum atomic E-state index is -4.52. The van der Waals surface area contributed by atoms with Crippen LogP contribution in [0.5, 0.6) is 0 Å². The summed E-state index contributed by atoms with van der Waals surface area (Å²) in [4.78, 5) is 0. The quantitative estimate of drug-likeness (QED) is 0.722. The predicted octanol–water partition coefficient (Wildman–Crippen LogP) is 2.07. The summed E-state index contributed by atoms with van der Waals surface area (Å²) in [5.41, 5.74) is 0. The molecule has 1 saturated heterocycles. The second-order valence-corrected chi connectivity index (χ2v) is 3.82. The molecule has 0 radical (unpaired) electrons. The van der Waals surface area contributed by atoms with Gasteiger partial charge in [-0.3, -0.25) is 4.74 Å². The van der Waals surface area contributed by atoms with Crippen LogP contribution >= 0.6 is 0 Å². The topological polar surface area (TPSA) is 30.5 Å². The van der Waals surface area contributed by atoms with E-state index in [1.165, 1.54) is 6.42 Å². The SMILES string of the molecule is FC(F)(F)OCCNCCC1CCCCO1. The van der Waals surface area contributed by atoms with Gasteiger partial charge in [0.15, 0.2) is 0 Å². The van der Waals surface area contributed by atoms with Crippen molar-refractivity contribution in [2.24, 2.45) is 0 Å². The third kappa shape index (κ3) is 7.03. The Balaban J connectivity index is 1.87. The molecule has 0 aromatic rings. The number of hydrogen-bond donors (Lipinski definition) is 1. The second kappa shape index (κ2) is 7.09. The Bertz CT molecular complexity index is 181. The van der Waals surface area contributed by atoms with Crippen molar-refractivity contribution in [1.82, 2.24) is 5.32 Å². The zero-order valence-electron chi connectivity index (χ0n) is 9.18. The van der Waals surface area contributed by atoms with E-state index in [4.69, 9.17) is 4.74 Å². The molecule has 0 saturated carbocycles. The Kier molecular flexibility index (Phi) is 6.08. The number of rotatable bonds is 6. The van der Waals surface area contributed by atoms with Gasteiger partial charge in [0, 0.05) is 13.2 Å². The van der Waals surface area contributed by atoms with Gasteiger partial charge in [-0.15, -0.1) is 13.2 Å². The van der Waals surface area contributed by atoms with Crippen LogP contribution in [0.2, 0.25) is 0 Å². The summed E-state index contributed by atoms with van der Waals surface area (Å²) in [5, 5.41) is 2.90. The molecule has 0 aliphatic carbocycles. The van der Waals surface area contributed by atoms with E-state index >= 15 is 0 Å². The summed E-state index contributed by atoms with van der Waals surface area (Å²) in [6, 6.07) is 0. The van der Waals surface area contributed by atoms with Crippen LogP contribution in [0.15, 0.2) is 0 Å². The van der Waals surface area contributed by atoms with Crippen LogP contribution < -0.4 is 5.32 Å². The molecule has 0 spiro atoms. The van der Waals surface area contributed by atoms with Gasteiger partial charge < -0.3 is 10.1 Å². The van der Waals surface area contributed by atoms with Crippen LogP contribution in [0, 0.1) is 0 Å². The molecular formula is C10H18F3NO2. The molecule has 1 fully saturated rings. The Morgan fingerprint density at radius 1 is 1.25 bits per heavy atom. The molecule has 0 bridgehead atoms. The van der Waals surface area contributed by atoms with Crippen LogP contribution in [0.1, 0.15) is 25.7 Å². The Hall–Kier alpha value is -0.330. The summed E-state index contributed by atoms with van der Waals surface area (Å²) in [5.74, 6) is 0. The fraction of sp³-hybridized carbons (Fsp3) is 1.00. The third-order valence-corrected chi connectivity index (χ3v) is 2.46. The highest BCUT2D eigenvalue weighted by Crippen LogP contribution is 2.16. The number of nitrogens with one attached hydrogen (secondary N) is 1. The molecule has 1 atom stereocenters. The summed E-state index contributed by atoms with van der Waals surface area (Å²) < 4.78 is 43.9. The molecule has 16 heavy (non-hydrogen) atoms. The second-order valence-electron chi connectivity index (χ2n) is 3.82. The number of halogens is 3. The largest absolute Gasteiger partial charge is 0.522 e. The van der Waals surface area contributed by atoms with Gasteiger partial charge in [-0.25, -0.2) is 0 Å².